The Morgan fingerprint density at radius 1 is 1.31 bits per heavy atom. The summed E-state index contributed by atoms with van der Waals surface area (Å²) < 4.78 is 0. The molecule has 0 aliphatic heterocycles. The Hall–Kier alpha value is -0.480. The lowest BCUT2D eigenvalue weighted by atomic mass is 9.76. The van der Waals surface area contributed by atoms with E-state index in [1.165, 1.54) is 32.1 Å². The molecular formula is C15H27N. The van der Waals surface area contributed by atoms with Gasteiger partial charge in [-0.15, -0.1) is 11.8 Å². The van der Waals surface area contributed by atoms with Crippen LogP contribution in [-0.2, 0) is 0 Å². The summed E-state index contributed by atoms with van der Waals surface area (Å²) in [6, 6.07) is 0.631. The van der Waals surface area contributed by atoms with Gasteiger partial charge in [-0.25, -0.2) is 0 Å². The maximum absolute atomic E-state index is 3.63. The van der Waals surface area contributed by atoms with Crippen LogP contribution in [0.25, 0.3) is 0 Å². The van der Waals surface area contributed by atoms with Crippen LogP contribution in [-0.4, -0.2) is 12.6 Å². The van der Waals surface area contributed by atoms with Gasteiger partial charge in [0, 0.05) is 12.5 Å². The molecule has 0 aromatic heterocycles. The summed E-state index contributed by atoms with van der Waals surface area (Å²) in [6.07, 6.45) is 8.08. The Kier molecular flexibility index (Phi) is 6.57. The van der Waals surface area contributed by atoms with Gasteiger partial charge in [0.2, 0.25) is 0 Å². The number of hydrogen-bond donors (Lipinski definition) is 1. The number of nitrogens with one attached hydrogen (secondary N) is 1. The van der Waals surface area contributed by atoms with Crippen LogP contribution in [0.3, 0.4) is 0 Å². The Bertz CT molecular complexity index is 236. The molecule has 0 aromatic rings. The third kappa shape index (κ3) is 4.18. The maximum atomic E-state index is 3.63. The quantitative estimate of drug-likeness (QED) is 0.700. The van der Waals surface area contributed by atoms with Crippen molar-refractivity contribution in [1.82, 2.24) is 5.32 Å². The minimum absolute atomic E-state index is 0.631. The van der Waals surface area contributed by atoms with Crippen LogP contribution in [0.5, 0.6) is 0 Å². The molecule has 1 saturated carbocycles. The monoisotopic (exact) mass is 221 g/mol. The molecule has 16 heavy (non-hydrogen) atoms. The molecule has 0 spiro atoms. The van der Waals surface area contributed by atoms with Gasteiger partial charge in [-0.3, -0.25) is 0 Å². The van der Waals surface area contributed by atoms with E-state index in [2.05, 4.69) is 31.0 Å². The minimum Gasteiger partial charge on any atom is -0.313 e. The van der Waals surface area contributed by atoms with Gasteiger partial charge in [-0.2, -0.15) is 0 Å². The lowest BCUT2D eigenvalue weighted by Gasteiger charge is -2.34. The van der Waals surface area contributed by atoms with Gasteiger partial charge in [-0.05, 0) is 38.1 Å². The highest BCUT2D eigenvalue weighted by molar-refractivity contribution is 5.00. The summed E-state index contributed by atoms with van der Waals surface area (Å²) in [5.41, 5.74) is 0. The largest absolute Gasteiger partial charge is 0.313 e. The van der Waals surface area contributed by atoms with Crippen molar-refractivity contribution < 1.29 is 0 Å². The fourth-order valence-corrected chi connectivity index (χ4v) is 2.95. The molecule has 0 aromatic carbocycles. The average molecular weight is 221 g/mol. The summed E-state index contributed by atoms with van der Waals surface area (Å²) in [6.45, 7) is 7.55. The van der Waals surface area contributed by atoms with Gasteiger partial charge in [0.05, 0.1) is 0 Å². The highest BCUT2D eigenvalue weighted by Crippen LogP contribution is 2.33. The van der Waals surface area contributed by atoms with Crippen LogP contribution in [0.1, 0.15) is 59.3 Å². The molecule has 1 aliphatic rings. The van der Waals surface area contributed by atoms with Crippen molar-refractivity contribution in [2.24, 2.45) is 11.8 Å². The van der Waals surface area contributed by atoms with Crippen LogP contribution in [0, 0.1) is 23.7 Å². The minimum atomic E-state index is 0.631. The molecule has 1 N–H and O–H groups in total. The molecule has 92 valence electrons. The lowest BCUT2D eigenvalue weighted by Crippen LogP contribution is -2.38. The zero-order valence-electron chi connectivity index (χ0n) is 11.2. The highest BCUT2D eigenvalue weighted by Gasteiger charge is 2.26. The van der Waals surface area contributed by atoms with Crippen molar-refractivity contribution in [2.75, 3.05) is 6.54 Å². The Balaban J connectivity index is 2.50. The third-order valence-electron chi connectivity index (χ3n) is 3.93. The Morgan fingerprint density at radius 2 is 2.12 bits per heavy atom. The molecule has 1 heteroatoms. The Labute approximate surface area is 101 Å². The van der Waals surface area contributed by atoms with E-state index in [0.29, 0.717) is 6.04 Å². The zero-order valence-corrected chi connectivity index (χ0v) is 11.2. The first-order valence-corrected chi connectivity index (χ1v) is 6.94. The predicted octanol–water partition coefficient (Wildman–Crippen LogP) is 3.59. The van der Waals surface area contributed by atoms with Gasteiger partial charge < -0.3 is 5.32 Å². The summed E-state index contributed by atoms with van der Waals surface area (Å²) >= 11 is 0. The molecule has 0 saturated heterocycles. The van der Waals surface area contributed by atoms with E-state index in [-0.39, 0.29) is 0 Å². The second kappa shape index (κ2) is 7.74. The molecule has 0 radical (unpaired) electrons. The van der Waals surface area contributed by atoms with Crippen LogP contribution < -0.4 is 5.32 Å². The van der Waals surface area contributed by atoms with Crippen LogP contribution >= 0.6 is 0 Å². The molecule has 1 rings (SSSR count). The zero-order chi connectivity index (χ0) is 11.8. The fourth-order valence-electron chi connectivity index (χ4n) is 2.95. The average Bonchev–Trinajstić information content (AvgIpc) is 2.34. The van der Waals surface area contributed by atoms with Crippen LogP contribution in [0.15, 0.2) is 0 Å². The van der Waals surface area contributed by atoms with Crippen molar-refractivity contribution in [3.05, 3.63) is 0 Å². The third-order valence-corrected chi connectivity index (χ3v) is 3.93. The first kappa shape index (κ1) is 13.6. The van der Waals surface area contributed by atoms with Gasteiger partial charge in [0.1, 0.15) is 0 Å². The molecule has 0 heterocycles. The van der Waals surface area contributed by atoms with Crippen molar-refractivity contribution in [3.8, 4) is 11.8 Å². The van der Waals surface area contributed by atoms with E-state index in [4.69, 9.17) is 0 Å². The second-order valence-electron chi connectivity index (χ2n) is 5.00. The summed E-state index contributed by atoms with van der Waals surface area (Å²) in [5, 5.41) is 3.63. The standard InChI is InChI=1S/C15H27N/c1-4-7-11-15(16-6-3)14-10-8-9-13(5-2)12-14/h13-16H,5-6,8-12H2,1-3H3. The fraction of sp³-hybridized carbons (Fsp3) is 0.867. The lowest BCUT2D eigenvalue weighted by molar-refractivity contribution is 0.211. The molecular weight excluding hydrogens is 194 g/mol. The molecule has 1 nitrogen and oxygen atoms in total. The van der Waals surface area contributed by atoms with Crippen molar-refractivity contribution in [2.45, 2.75) is 65.3 Å². The molecule has 3 atom stereocenters. The van der Waals surface area contributed by atoms with Gasteiger partial charge in [0.25, 0.3) is 0 Å². The van der Waals surface area contributed by atoms with E-state index < -0.39 is 0 Å². The maximum Gasteiger partial charge on any atom is 0.0245 e. The smallest absolute Gasteiger partial charge is 0.0245 e. The van der Waals surface area contributed by atoms with Gasteiger partial charge in [-0.1, -0.05) is 33.1 Å². The topological polar surface area (TPSA) is 12.0 Å². The van der Waals surface area contributed by atoms with Crippen LogP contribution in [0.2, 0.25) is 0 Å². The molecule has 3 unspecified atom stereocenters. The second-order valence-corrected chi connectivity index (χ2v) is 5.00. The van der Waals surface area contributed by atoms with Crippen LogP contribution in [0.4, 0.5) is 0 Å². The first-order valence-electron chi connectivity index (χ1n) is 6.94. The molecule has 0 bridgehead atoms. The summed E-state index contributed by atoms with van der Waals surface area (Å²) in [5.74, 6) is 8.11. The molecule has 1 aliphatic carbocycles. The van der Waals surface area contributed by atoms with E-state index in [9.17, 15) is 0 Å². The normalized spacial score (nSPS) is 26.9. The summed E-state index contributed by atoms with van der Waals surface area (Å²) in [4.78, 5) is 0. The summed E-state index contributed by atoms with van der Waals surface area (Å²) in [7, 11) is 0. The molecule has 0 amide bonds. The van der Waals surface area contributed by atoms with Gasteiger partial charge >= 0.3 is 0 Å². The predicted molar refractivity (Wildman–Crippen MR) is 71.3 cm³/mol. The van der Waals surface area contributed by atoms with E-state index in [1.54, 1.807) is 0 Å². The van der Waals surface area contributed by atoms with Gasteiger partial charge in [0.15, 0.2) is 0 Å². The number of hydrogen-bond acceptors (Lipinski definition) is 1. The molecule has 1 fully saturated rings. The van der Waals surface area contributed by atoms with Crippen molar-refractivity contribution in [3.63, 3.8) is 0 Å². The van der Waals surface area contributed by atoms with E-state index in [1.807, 2.05) is 6.92 Å². The van der Waals surface area contributed by atoms with E-state index >= 15 is 0 Å². The first-order chi connectivity index (χ1) is 7.81. The van der Waals surface area contributed by atoms with E-state index in [0.717, 1.165) is 24.8 Å². The van der Waals surface area contributed by atoms with Crippen molar-refractivity contribution >= 4 is 0 Å². The highest BCUT2D eigenvalue weighted by atomic mass is 14.9. The van der Waals surface area contributed by atoms with Crippen molar-refractivity contribution in [1.29, 1.82) is 0 Å². The Morgan fingerprint density at radius 3 is 2.75 bits per heavy atom. The SMILES string of the molecule is CC#CCC(NCC)C1CCCC(CC)C1. The number of rotatable bonds is 5.